The lowest BCUT2D eigenvalue weighted by atomic mass is 10.00. The molecular weight excluding hydrogens is 248 g/mol. The first-order valence-corrected chi connectivity index (χ1v) is 7.95. The molecule has 1 saturated carbocycles. The molecule has 2 aliphatic rings. The molecular formula is C17H26N2O. The summed E-state index contributed by atoms with van der Waals surface area (Å²) in [7, 11) is 0. The van der Waals surface area contributed by atoms with Crippen molar-refractivity contribution in [1.29, 1.82) is 0 Å². The van der Waals surface area contributed by atoms with Crippen molar-refractivity contribution in [2.45, 2.75) is 38.8 Å². The number of nitrogens with zero attached hydrogens (tertiary/aromatic N) is 1. The van der Waals surface area contributed by atoms with E-state index in [1.54, 1.807) is 0 Å². The van der Waals surface area contributed by atoms with Crippen molar-refractivity contribution in [1.82, 2.24) is 5.32 Å². The van der Waals surface area contributed by atoms with Gasteiger partial charge < -0.3 is 15.3 Å². The highest BCUT2D eigenvalue weighted by Crippen LogP contribution is 2.39. The van der Waals surface area contributed by atoms with Crippen molar-refractivity contribution in [3.63, 3.8) is 0 Å². The minimum atomic E-state index is -0.0713. The number of anilines is 1. The van der Waals surface area contributed by atoms with Crippen molar-refractivity contribution >= 4 is 5.69 Å². The van der Waals surface area contributed by atoms with E-state index in [1.807, 2.05) is 0 Å². The Labute approximate surface area is 122 Å². The van der Waals surface area contributed by atoms with Crippen LogP contribution in [-0.4, -0.2) is 30.8 Å². The molecule has 110 valence electrons. The molecule has 0 amide bonds. The van der Waals surface area contributed by atoms with Crippen LogP contribution in [0.1, 0.15) is 38.3 Å². The highest BCUT2D eigenvalue weighted by molar-refractivity contribution is 5.49. The van der Waals surface area contributed by atoms with Crippen LogP contribution in [0.3, 0.4) is 0 Å². The first kappa shape index (κ1) is 13.9. The van der Waals surface area contributed by atoms with Crippen LogP contribution in [0.2, 0.25) is 0 Å². The maximum Gasteiger partial charge on any atom is 0.0588 e. The maximum atomic E-state index is 10.0. The fourth-order valence-electron chi connectivity index (χ4n) is 3.85. The molecule has 20 heavy (non-hydrogen) atoms. The van der Waals surface area contributed by atoms with Crippen LogP contribution >= 0.6 is 0 Å². The Kier molecular flexibility index (Phi) is 3.99. The molecule has 3 rings (SSSR count). The Morgan fingerprint density at radius 1 is 1.25 bits per heavy atom. The summed E-state index contributed by atoms with van der Waals surface area (Å²) in [5.74, 6) is 1.20. The van der Waals surface area contributed by atoms with E-state index in [-0.39, 0.29) is 6.10 Å². The maximum absolute atomic E-state index is 10.0. The van der Waals surface area contributed by atoms with Crippen molar-refractivity contribution in [2.75, 3.05) is 24.5 Å². The van der Waals surface area contributed by atoms with Crippen LogP contribution in [0, 0.1) is 11.8 Å². The second-order valence-corrected chi connectivity index (χ2v) is 6.34. The van der Waals surface area contributed by atoms with Crippen molar-refractivity contribution in [3.8, 4) is 0 Å². The van der Waals surface area contributed by atoms with Crippen LogP contribution in [0.25, 0.3) is 0 Å². The van der Waals surface area contributed by atoms with Gasteiger partial charge in [0.25, 0.3) is 0 Å². The van der Waals surface area contributed by atoms with Gasteiger partial charge in [-0.05, 0) is 49.9 Å². The third-order valence-corrected chi connectivity index (χ3v) is 5.09. The number of aliphatic hydroxyl groups is 1. The molecule has 3 heteroatoms. The number of aliphatic hydroxyl groups excluding tert-OH is 1. The van der Waals surface area contributed by atoms with E-state index < -0.39 is 0 Å². The van der Waals surface area contributed by atoms with Gasteiger partial charge in [0, 0.05) is 30.7 Å². The zero-order valence-electron chi connectivity index (χ0n) is 12.5. The van der Waals surface area contributed by atoms with Gasteiger partial charge in [0.15, 0.2) is 0 Å². The quantitative estimate of drug-likeness (QED) is 0.886. The highest BCUT2D eigenvalue weighted by atomic mass is 16.3. The number of hydrogen-bond acceptors (Lipinski definition) is 3. The molecule has 3 nitrogen and oxygen atoms in total. The summed E-state index contributed by atoms with van der Waals surface area (Å²) in [5, 5.41) is 13.4. The van der Waals surface area contributed by atoms with Crippen LogP contribution in [0.15, 0.2) is 24.3 Å². The summed E-state index contributed by atoms with van der Waals surface area (Å²) >= 11 is 0. The molecule has 4 unspecified atom stereocenters. The molecule has 1 aromatic rings. The van der Waals surface area contributed by atoms with Crippen molar-refractivity contribution in [3.05, 3.63) is 29.8 Å². The van der Waals surface area contributed by atoms with Gasteiger partial charge in [0.1, 0.15) is 0 Å². The first-order valence-electron chi connectivity index (χ1n) is 7.95. The summed E-state index contributed by atoms with van der Waals surface area (Å²) in [5.41, 5.74) is 2.65. The van der Waals surface area contributed by atoms with Crippen LogP contribution in [-0.2, 0) is 0 Å². The van der Waals surface area contributed by atoms with Gasteiger partial charge in [-0.3, -0.25) is 0 Å². The Morgan fingerprint density at radius 2 is 2.00 bits per heavy atom. The van der Waals surface area contributed by atoms with Crippen LogP contribution < -0.4 is 10.2 Å². The predicted octanol–water partition coefficient (Wildman–Crippen LogP) is 2.56. The largest absolute Gasteiger partial charge is 0.393 e. The zero-order valence-corrected chi connectivity index (χ0v) is 12.5. The fourth-order valence-corrected chi connectivity index (χ4v) is 3.85. The number of fused-ring (bicyclic) bond motifs is 1. The second-order valence-electron chi connectivity index (χ2n) is 6.34. The second kappa shape index (κ2) is 5.74. The van der Waals surface area contributed by atoms with E-state index in [0.29, 0.717) is 17.9 Å². The predicted molar refractivity (Wildman–Crippen MR) is 83.0 cm³/mol. The fraction of sp³-hybridized carbons (Fsp3) is 0.647. The number of nitrogens with one attached hydrogen (secondary N) is 1. The lowest BCUT2D eigenvalue weighted by Crippen LogP contribution is -2.24. The molecule has 1 aliphatic carbocycles. The molecule has 0 bridgehead atoms. The van der Waals surface area contributed by atoms with E-state index >= 15 is 0 Å². The van der Waals surface area contributed by atoms with E-state index in [0.717, 1.165) is 26.1 Å². The molecule has 1 heterocycles. The van der Waals surface area contributed by atoms with Gasteiger partial charge in [-0.2, -0.15) is 0 Å². The van der Waals surface area contributed by atoms with Gasteiger partial charge in [-0.1, -0.05) is 19.1 Å². The zero-order chi connectivity index (χ0) is 14.1. The summed E-state index contributed by atoms with van der Waals surface area (Å²) in [6, 6.07) is 9.34. The topological polar surface area (TPSA) is 35.5 Å². The summed E-state index contributed by atoms with van der Waals surface area (Å²) in [6.07, 6.45) is 2.12. The van der Waals surface area contributed by atoms with Gasteiger partial charge >= 0.3 is 0 Å². The summed E-state index contributed by atoms with van der Waals surface area (Å²) in [6.45, 7) is 7.47. The Balaban J connectivity index is 1.67. The standard InChI is InChI=1S/C17H26N2O/c1-3-18-12(2)13-4-7-15(8-5-13)19-10-14-6-9-17(20)16(14)11-19/h4-5,7-8,12,14,16-18,20H,3,6,9-11H2,1-2H3. The number of benzene rings is 1. The average molecular weight is 274 g/mol. The van der Waals surface area contributed by atoms with E-state index in [1.165, 1.54) is 17.7 Å². The molecule has 2 N–H and O–H groups in total. The molecule has 2 fully saturated rings. The Hall–Kier alpha value is -1.06. The third kappa shape index (κ3) is 2.57. The monoisotopic (exact) mass is 274 g/mol. The van der Waals surface area contributed by atoms with Crippen molar-refractivity contribution in [2.24, 2.45) is 11.8 Å². The molecule has 0 aromatic heterocycles. The van der Waals surface area contributed by atoms with Crippen LogP contribution in [0.5, 0.6) is 0 Å². The van der Waals surface area contributed by atoms with Crippen molar-refractivity contribution < 1.29 is 5.11 Å². The summed E-state index contributed by atoms with van der Waals surface area (Å²) < 4.78 is 0. The Morgan fingerprint density at radius 3 is 2.65 bits per heavy atom. The molecule has 0 radical (unpaired) electrons. The SMILES string of the molecule is CCNC(C)c1ccc(N2CC3CCC(O)C3C2)cc1. The molecule has 1 aromatic carbocycles. The van der Waals surface area contributed by atoms with Crippen LogP contribution in [0.4, 0.5) is 5.69 Å². The van der Waals surface area contributed by atoms with E-state index in [4.69, 9.17) is 0 Å². The van der Waals surface area contributed by atoms with E-state index in [2.05, 4.69) is 48.3 Å². The van der Waals surface area contributed by atoms with Gasteiger partial charge in [0.2, 0.25) is 0 Å². The smallest absolute Gasteiger partial charge is 0.0588 e. The minimum Gasteiger partial charge on any atom is -0.393 e. The Bertz CT molecular complexity index is 445. The van der Waals surface area contributed by atoms with E-state index in [9.17, 15) is 5.11 Å². The lowest BCUT2D eigenvalue weighted by molar-refractivity contribution is 0.133. The lowest BCUT2D eigenvalue weighted by Gasteiger charge is -2.21. The summed E-state index contributed by atoms with van der Waals surface area (Å²) in [4.78, 5) is 2.44. The molecule has 1 saturated heterocycles. The normalized spacial score (nSPS) is 30.6. The molecule has 0 spiro atoms. The minimum absolute atomic E-state index is 0.0713. The number of hydrogen-bond donors (Lipinski definition) is 2. The van der Waals surface area contributed by atoms with Gasteiger partial charge in [-0.15, -0.1) is 0 Å². The molecule has 4 atom stereocenters. The highest BCUT2D eigenvalue weighted by Gasteiger charge is 2.41. The van der Waals surface area contributed by atoms with Gasteiger partial charge in [0.05, 0.1) is 6.10 Å². The molecule has 1 aliphatic heterocycles. The third-order valence-electron chi connectivity index (χ3n) is 5.09. The first-order chi connectivity index (χ1) is 9.69. The average Bonchev–Trinajstić information content (AvgIpc) is 3.02. The number of rotatable bonds is 4. The van der Waals surface area contributed by atoms with Gasteiger partial charge in [-0.25, -0.2) is 0 Å².